The summed E-state index contributed by atoms with van der Waals surface area (Å²) in [5.41, 5.74) is 6.93. The van der Waals surface area contributed by atoms with Gasteiger partial charge in [-0.2, -0.15) is 0 Å². The van der Waals surface area contributed by atoms with Crippen LogP contribution in [0.2, 0.25) is 0 Å². The molecule has 4 heterocycles. The second kappa shape index (κ2) is 8.55. The van der Waals surface area contributed by atoms with Crippen LogP contribution < -0.4 is 10.2 Å². The molecule has 1 fully saturated rings. The summed E-state index contributed by atoms with van der Waals surface area (Å²) in [4.78, 5) is 11.2. The number of aryl methyl sites for hydroxylation is 1. The molecule has 1 aliphatic rings. The molecule has 5 rings (SSSR count). The summed E-state index contributed by atoms with van der Waals surface area (Å²) in [7, 11) is 0. The molecular formula is C26H25N5S. The van der Waals surface area contributed by atoms with Crippen LogP contribution in [0.4, 0.5) is 5.69 Å². The van der Waals surface area contributed by atoms with E-state index in [1.54, 1.807) is 0 Å². The van der Waals surface area contributed by atoms with Crippen molar-refractivity contribution in [3.63, 3.8) is 0 Å². The molecule has 5 nitrogen and oxygen atoms in total. The van der Waals surface area contributed by atoms with E-state index in [1.807, 2.05) is 42.9 Å². The summed E-state index contributed by atoms with van der Waals surface area (Å²) >= 11 is 5.84. The van der Waals surface area contributed by atoms with Gasteiger partial charge in [-0.15, -0.1) is 0 Å². The van der Waals surface area contributed by atoms with Gasteiger partial charge >= 0.3 is 0 Å². The number of para-hydroxylation sites is 1. The van der Waals surface area contributed by atoms with Crippen LogP contribution in [0.1, 0.15) is 40.3 Å². The first kappa shape index (κ1) is 20.4. The zero-order chi connectivity index (χ0) is 22.1. The normalized spacial score (nSPS) is 18.1. The van der Waals surface area contributed by atoms with Crippen molar-refractivity contribution < 1.29 is 0 Å². The molecule has 0 spiro atoms. The molecular weight excluding hydrogens is 414 g/mol. The highest BCUT2D eigenvalue weighted by molar-refractivity contribution is 7.80. The number of pyridine rings is 2. The Kier molecular flexibility index (Phi) is 5.45. The molecule has 0 saturated carbocycles. The van der Waals surface area contributed by atoms with Crippen molar-refractivity contribution in [3.05, 3.63) is 114 Å². The Morgan fingerprint density at radius 1 is 0.969 bits per heavy atom. The number of nitrogens with zero attached hydrogens (tertiary/aromatic N) is 4. The van der Waals surface area contributed by atoms with Crippen molar-refractivity contribution in [2.45, 2.75) is 32.5 Å². The summed E-state index contributed by atoms with van der Waals surface area (Å²) in [5, 5.41) is 4.27. The van der Waals surface area contributed by atoms with E-state index in [0.717, 1.165) is 17.9 Å². The van der Waals surface area contributed by atoms with Gasteiger partial charge in [0.05, 0.1) is 17.8 Å². The fourth-order valence-corrected chi connectivity index (χ4v) is 4.93. The highest BCUT2D eigenvalue weighted by Gasteiger charge is 2.42. The van der Waals surface area contributed by atoms with Gasteiger partial charge in [0.15, 0.2) is 5.11 Å². The summed E-state index contributed by atoms with van der Waals surface area (Å²) < 4.78 is 2.35. The van der Waals surface area contributed by atoms with Gasteiger partial charge < -0.3 is 14.8 Å². The number of hydrogen-bond donors (Lipinski definition) is 1. The number of anilines is 1. The molecule has 1 aliphatic heterocycles. The number of nitrogens with one attached hydrogen (secondary N) is 1. The van der Waals surface area contributed by atoms with Crippen molar-refractivity contribution in [1.29, 1.82) is 0 Å². The molecule has 0 aliphatic carbocycles. The number of thiocarbonyl (C=S) groups is 1. The monoisotopic (exact) mass is 439 g/mol. The number of rotatable bonds is 5. The van der Waals surface area contributed by atoms with E-state index in [1.165, 1.54) is 22.5 Å². The highest BCUT2D eigenvalue weighted by Crippen LogP contribution is 2.43. The Balaban J connectivity index is 1.62. The zero-order valence-electron chi connectivity index (χ0n) is 18.1. The third-order valence-corrected chi connectivity index (χ3v) is 6.44. The van der Waals surface area contributed by atoms with Gasteiger partial charge in [0.2, 0.25) is 0 Å². The van der Waals surface area contributed by atoms with Crippen LogP contribution in [0.3, 0.4) is 0 Å². The maximum absolute atomic E-state index is 5.84. The second-order valence-corrected chi connectivity index (χ2v) is 8.49. The number of aromatic nitrogens is 3. The maximum Gasteiger partial charge on any atom is 0.174 e. The van der Waals surface area contributed by atoms with Crippen molar-refractivity contribution >= 4 is 23.0 Å². The Labute approximate surface area is 193 Å². The lowest BCUT2D eigenvalue weighted by Gasteiger charge is -2.28. The molecule has 3 aromatic heterocycles. The minimum atomic E-state index is -0.0451. The average Bonchev–Trinajstić information content (AvgIpc) is 3.32. The van der Waals surface area contributed by atoms with Crippen molar-refractivity contribution in [1.82, 2.24) is 19.9 Å². The molecule has 4 aromatic rings. The van der Waals surface area contributed by atoms with Gasteiger partial charge in [-0.1, -0.05) is 30.3 Å². The third-order valence-electron chi connectivity index (χ3n) is 6.13. The first-order chi connectivity index (χ1) is 15.6. The molecule has 1 saturated heterocycles. The third kappa shape index (κ3) is 3.67. The van der Waals surface area contributed by atoms with Gasteiger partial charge in [0.1, 0.15) is 0 Å². The summed E-state index contributed by atoms with van der Waals surface area (Å²) in [6.07, 6.45) is 5.58. The summed E-state index contributed by atoms with van der Waals surface area (Å²) in [6.45, 7) is 5.14. The van der Waals surface area contributed by atoms with Gasteiger partial charge in [-0.05, 0) is 73.6 Å². The van der Waals surface area contributed by atoms with Gasteiger partial charge in [0, 0.05) is 42.2 Å². The van der Waals surface area contributed by atoms with E-state index in [2.05, 4.69) is 81.1 Å². The van der Waals surface area contributed by atoms with Crippen molar-refractivity contribution in [3.8, 4) is 0 Å². The van der Waals surface area contributed by atoms with Crippen LogP contribution >= 0.6 is 12.2 Å². The number of hydrogen-bond acceptors (Lipinski definition) is 3. The first-order valence-electron chi connectivity index (χ1n) is 10.7. The average molecular weight is 440 g/mol. The largest absolute Gasteiger partial charge is 0.351 e. The van der Waals surface area contributed by atoms with Crippen molar-refractivity contribution in [2.24, 2.45) is 0 Å². The molecule has 32 heavy (non-hydrogen) atoms. The first-order valence-corrected chi connectivity index (χ1v) is 11.2. The SMILES string of the molecule is Cc1cc(C2C(c3ccccn3)NC(=S)N2c2ccccc2)c(C)n1Cc1cccnc1. The second-order valence-electron chi connectivity index (χ2n) is 8.11. The van der Waals surface area contributed by atoms with E-state index in [4.69, 9.17) is 12.2 Å². The maximum atomic E-state index is 5.84. The van der Waals surface area contributed by atoms with E-state index >= 15 is 0 Å². The molecule has 2 atom stereocenters. The van der Waals surface area contributed by atoms with Crippen LogP contribution in [-0.4, -0.2) is 19.6 Å². The van der Waals surface area contributed by atoms with Crippen LogP contribution in [0.5, 0.6) is 0 Å². The Hall–Kier alpha value is -3.51. The predicted molar refractivity (Wildman–Crippen MR) is 132 cm³/mol. The molecule has 0 amide bonds. The lowest BCUT2D eigenvalue weighted by molar-refractivity contribution is 0.563. The van der Waals surface area contributed by atoms with Gasteiger partial charge in [-0.25, -0.2) is 0 Å². The number of benzene rings is 1. The highest BCUT2D eigenvalue weighted by atomic mass is 32.1. The fourth-order valence-electron chi connectivity index (χ4n) is 4.58. The minimum absolute atomic E-state index is 0.00588. The van der Waals surface area contributed by atoms with Gasteiger partial charge in [-0.3, -0.25) is 9.97 Å². The smallest absolute Gasteiger partial charge is 0.174 e. The molecule has 0 radical (unpaired) electrons. The van der Waals surface area contributed by atoms with E-state index in [-0.39, 0.29) is 12.1 Å². The molecule has 6 heteroatoms. The lowest BCUT2D eigenvalue weighted by Crippen LogP contribution is -2.29. The van der Waals surface area contributed by atoms with Crippen LogP contribution in [0.25, 0.3) is 0 Å². The summed E-state index contributed by atoms with van der Waals surface area (Å²) in [5.74, 6) is 0. The molecule has 0 bridgehead atoms. The fraction of sp³-hybridized carbons (Fsp3) is 0.192. The Morgan fingerprint density at radius 2 is 1.78 bits per heavy atom. The van der Waals surface area contributed by atoms with E-state index in [9.17, 15) is 0 Å². The van der Waals surface area contributed by atoms with Crippen LogP contribution in [-0.2, 0) is 6.54 Å². The Bertz CT molecular complexity index is 1220. The molecule has 1 aromatic carbocycles. The van der Waals surface area contributed by atoms with Gasteiger partial charge in [0.25, 0.3) is 0 Å². The molecule has 1 N–H and O–H groups in total. The van der Waals surface area contributed by atoms with Crippen molar-refractivity contribution in [2.75, 3.05) is 4.90 Å². The summed E-state index contributed by atoms with van der Waals surface area (Å²) in [6, 6.07) is 22.7. The lowest BCUT2D eigenvalue weighted by atomic mass is 9.96. The van der Waals surface area contributed by atoms with E-state index in [0.29, 0.717) is 5.11 Å². The van der Waals surface area contributed by atoms with E-state index < -0.39 is 0 Å². The molecule has 2 unspecified atom stereocenters. The zero-order valence-corrected chi connectivity index (χ0v) is 19.0. The minimum Gasteiger partial charge on any atom is -0.351 e. The van der Waals surface area contributed by atoms with Crippen LogP contribution in [0, 0.1) is 13.8 Å². The predicted octanol–water partition coefficient (Wildman–Crippen LogP) is 5.12. The topological polar surface area (TPSA) is 46.0 Å². The van der Waals surface area contributed by atoms with Crippen LogP contribution in [0.15, 0.2) is 85.3 Å². The standard InChI is InChI=1S/C26H25N5S/c1-18-15-22(19(2)30(18)17-20-9-8-13-27-16-20)25-24(23-12-6-7-14-28-23)29-26(32)31(25)21-10-4-3-5-11-21/h3-16,24-25H,17H2,1-2H3,(H,29,32). The molecule has 160 valence electrons. The quantitative estimate of drug-likeness (QED) is 0.437. The Morgan fingerprint density at radius 3 is 2.50 bits per heavy atom.